The van der Waals surface area contributed by atoms with Gasteiger partial charge in [0.05, 0.1) is 11.7 Å². The molecule has 2 aliphatic rings. The quantitative estimate of drug-likeness (QED) is 0.380. The lowest BCUT2D eigenvalue weighted by molar-refractivity contribution is -0.114. The van der Waals surface area contributed by atoms with Crippen molar-refractivity contribution in [3.05, 3.63) is 11.6 Å². The molecule has 0 bridgehead atoms. The third-order valence-corrected chi connectivity index (χ3v) is 17.0. The van der Waals surface area contributed by atoms with Crippen molar-refractivity contribution in [2.45, 2.75) is 122 Å². The predicted octanol–water partition coefficient (Wildman–Crippen LogP) is 6.61. The van der Waals surface area contributed by atoms with E-state index in [1.54, 1.807) is 0 Å². The van der Waals surface area contributed by atoms with E-state index in [4.69, 9.17) is 8.85 Å². The molecule has 5 heteroatoms. The molecule has 27 heavy (non-hydrogen) atoms. The minimum atomic E-state index is -1.75. The van der Waals surface area contributed by atoms with Crippen LogP contribution >= 0.6 is 0 Å². The van der Waals surface area contributed by atoms with E-state index in [-0.39, 0.29) is 17.5 Å². The van der Waals surface area contributed by atoms with Crippen LogP contribution in [0.25, 0.3) is 0 Å². The standard InChI is InChI=1S/C22H42O3Si2/c1-7-26(8-2,9-3)24-21-17-19-16-20(23)14-13-15-22(19,18-21)25-27(10-4,11-5)12-6/h16,21H,7-15,17-18H2,1-6H3. The van der Waals surface area contributed by atoms with E-state index < -0.39 is 16.6 Å². The van der Waals surface area contributed by atoms with Crippen LogP contribution in [0.1, 0.15) is 73.6 Å². The molecule has 0 N–H and O–H groups in total. The summed E-state index contributed by atoms with van der Waals surface area (Å²) in [5, 5.41) is 0. The normalized spacial score (nSPS) is 26.7. The smallest absolute Gasteiger partial charge is 0.193 e. The van der Waals surface area contributed by atoms with Crippen LogP contribution in [0.4, 0.5) is 0 Å². The molecule has 0 radical (unpaired) electrons. The van der Waals surface area contributed by atoms with Crippen LogP contribution in [-0.4, -0.2) is 34.1 Å². The Morgan fingerprint density at radius 3 is 2.04 bits per heavy atom. The number of hydrogen-bond donors (Lipinski definition) is 0. The Balaban J connectivity index is 2.34. The summed E-state index contributed by atoms with van der Waals surface area (Å²) in [4.78, 5) is 12.3. The molecule has 2 aliphatic carbocycles. The Labute approximate surface area is 169 Å². The van der Waals surface area contributed by atoms with Crippen molar-refractivity contribution >= 4 is 22.4 Å². The van der Waals surface area contributed by atoms with E-state index in [1.165, 1.54) is 23.7 Å². The maximum absolute atomic E-state index is 12.3. The van der Waals surface area contributed by atoms with Gasteiger partial charge in [0.25, 0.3) is 0 Å². The summed E-state index contributed by atoms with van der Waals surface area (Å²) in [7, 11) is -3.40. The van der Waals surface area contributed by atoms with E-state index in [9.17, 15) is 4.79 Å². The topological polar surface area (TPSA) is 35.5 Å². The van der Waals surface area contributed by atoms with Gasteiger partial charge in [-0.1, -0.05) is 41.5 Å². The Morgan fingerprint density at radius 2 is 1.52 bits per heavy atom. The maximum atomic E-state index is 12.3. The molecule has 1 fully saturated rings. The summed E-state index contributed by atoms with van der Waals surface area (Å²) in [6.07, 6.45) is 6.69. The highest BCUT2D eigenvalue weighted by molar-refractivity contribution is 6.74. The van der Waals surface area contributed by atoms with Gasteiger partial charge in [-0.05, 0) is 67.2 Å². The van der Waals surface area contributed by atoms with Gasteiger partial charge in [-0.2, -0.15) is 0 Å². The second kappa shape index (κ2) is 9.51. The molecule has 0 amide bonds. The van der Waals surface area contributed by atoms with E-state index in [2.05, 4.69) is 41.5 Å². The minimum absolute atomic E-state index is 0.222. The van der Waals surface area contributed by atoms with Gasteiger partial charge in [-0.25, -0.2) is 0 Å². The van der Waals surface area contributed by atoms with Gasteiger partial charge >= 0.3 is 0 Å². The number of allylic oxidation sites excluding steroid dienone is 1. The van der Waals surface area contributed by atoms with Crippen LogP contribution in [-0.2, 0) is 13.6 Å². The number of fused-ring (bicyclic) bond motifs is 1. The summed E-state index contributed by atoms with van der Waals surface area (Å²) < 4.78 is 14.0. The van der Waals surface area contributed by atoms with Crippen molar-refractivity contribution in [1.29, 1.82) is 0 Å². The van der Waals surface area contributed by atoms with Crippen LogP contribution in [0.3, 0.4) is 0 Å². The zero-order valence-electron chi connectivity index (χ0n) is 18.7. The second-order valence-electron chi connectivity index (χ2n) is 8.72. The number of rotatable bonds is 10. The van der Waals surface area contributed by atoms with Crippen LogP contribution in [0.15, 0.2) is 11.6 Å². The SMILES string of the molecule is CC[Si](CC)(CC)OC1CC2=CC(=O)CCCC2(O[Si](CC)(CC)CC)C1. The third kappa shape index (κ3) is 4.85. The lowest BCUT2D eigenvalue weighted by Gasteiger charge is -2.41. The predicted molar refractivity (Wildman–Crippen MR) is 119 cm³/mol. The molecule has 156 valence electrons. The fraction of sp³-hybridized carbons (Fsp3) is 0.864. The minimum Gasteiger partial charge on any atom is -0.413 e. The molecule has 0 aromatic rings. The fourth-order valence-corrected chi connectivity index (χ4v) is 11.2. The molecular formula is C22H42O3Si2. The highest BCUT2D eigenvalue weighted by atomic mass is 28.4. The van der Waals surface area contributed by atoms with Gasteiger partial charge in [0.2, 0.25) is 0 Å². The zero-order chi connectivity index (χ0) is 20.1. The summed E-state index contributed by atoms with van der Waals surface area (Å²) in [6, 6.07) is 7.02. The average molecular weight is 411 g/mol. The first-order chi connectivity index (χ1) is 12.9. The first-order valence-corrected chi connectivity index (χ1v) is 16.5. The van der Waals surface area contributed by atoms with Crippen LogP contribution in [0.2, 0.25) is 36.3 Å². The first-order valence-electron chi connectivity index (χ1n) is 11.5. The highest BCUT2D eigenvalue weighted by Gasteiger charge is 2.51. The molecule has 2 rings (SSSR count). The van der Waals surface area contributed by atoms with Crippen molar-refractivity contribution in [3.63, 3.8) is 0 Å². The summed E-state index contributed by atoms with van der Waals surface area (Å²) in [5.41, 5.74) is 1.04. The monoisotopic (exact) mass is 410 g/mol. The van der Waals surface area contributed by atoms with Crippen molar-refractivity contribution in [1.82, 2.24) is 0 Å². The molecule has 0 saturated heterocycles. The van der Waals surface area contributed by atoms with Crippen LogP contribution in [0.5, 0.6) is 0 Å². The number of hydrogen-bond acceptors (Lipinski definition) is 3. The molecular weight excluding hydrogens is 368 g/mol. The Bertz CT molecular complexity index is 521. The van der Waals surface area contributed by atoms with E-state index >= 15 is 0 Å². The van der Waals surface area contributed by atoms with E-state index in [0.717, 1.165) is 43.8 Å². The highest BCUT2D eigenvalue weighted by Crippen LogP contribution is 2.48. The van der Waals surface area contributed by atoms with Gasteiger partial charge in [-0.3, -0.25) is 4.79 Å². The van der Waals surface area contributed by atoms with Crippen molar-refractivity contribution in [2.24, 2.45) is 0 Å². The molecule has 2 atom stereocenters. The maximum Gasteiger partial charge on any atom is 0.193 e. The number of carbonyl (C=O) groups is 1. The number of ketones is 1. The molecule has 2 unspecified atom stereocenters. The molecule has 0 aliphatic heterocycles. The van der Waals surface area contributed by atoms with E-state index in [1.807, 2.05) is 6.08 Å². The zero-order valence-corrected chi connectivity index (χ0v) is 20.7. The molecule has 0 aromatic carbocycles. The molecule has 0 spiro atoms. The fourth-order valence-electron chi connectivity index (χ4n) is 5.25. The largest absolute Gasteiger partial charge is 0.413 e. The molecule has 0 aromatic heterocycles. The van der Waals surface area contributed by atoms with Gasteiger partial charge in [0.1, 0.15) is 0 Å². The lowest BCUT2D eigenvalue weighted by atomic mass is 9.93. The van der Waals surface area contributed by atoms with E-state index in [0.29, 0.717) is 6.42 Å². The Kier molecular flexibility index (Phi) is 8.12. The summed E-state index contributed by atoms with van der Waals surface area (Å²) in [5.74, 6) is 0.290. The van der Waals surface area contributed by atoms with Crippen LogP contribution in [0, 0.1) is 0 Å². The Hall–Kier alpha value is -0.236. The van der Waals surface area contributed by atoms with Crippen molar-refractivity contribution < 1.29 is 13.6 Å². The number of carbonyl (C=O) groups excluding carboxylic acids is 1. The van der Waals surface area contributed by atoms with Crippen molar-refractivity contribution in [2.75, 3.05) is 0 Å². The first kappa shape index (κ1) is 23.0. The van der Waals surface area contributed by atoms with Crippen molar-refractivity contribution in [3.8, 4) is 0 Å². The average Bonchev–Trinajstić information content (AvgIpc) is 2.92. The van der Waals surface area contributed by atoms with Gasteiger partial charge in [0.15, 0.2) is 22.4 Å². The summed E-state index contributed by atoms with van der Waals surface area (Å²) in [6.45, 7) is 13.8. The molecule has 3 nitrogen and oxygen atoms in total. The molecule has 0 heterocycles. The third-order valence-electron chi connectivity index (χ3n) is 7.62. The van der Waals surface area contributed by atoms with Crippen LogP contribution < -0.4 is 0 Å². The molecule has 1 saturated carbocycles. The van der Waals surface area contributed by atoms with Gasteiger partial charge in [-0.15, -0.1) is 0 Å². The van der Waals surface area contributed by atoms with Gasteiger partial charge < -0.3 is 8.85 Å². The Morgan fingerprint density at radius 1 is 0.963 bits per heavy atom. The lowest BCUT2D eigenvalue weighted by Crippen LogP contribution is -2.47. The van der Waals surface area contributed by atoms with Gasteiger partial charge in [0, 0.05) is 12.8 Å². The summed E-state index contributed by atoms with van der Waals surface area (Å²) >= 11 is 0. The second-order valence-corrected chi connectivity index (χ2v) is 18.1.